The van der Waals surface area contributed by atoms with E-state index in [9.17, 15) is 9.59 Å². The molecule has 1 saturated carbocycles. The monoisotopic (exact) mass is 400 g/mol. The minimum absolute atomic E-state index is 0.0110. The molecule has 2 amide bonds. The van der Waals surface area contributed by atoms with Crippen molar-refractivity contribution in [1.29, 1.82) is 0 Å². The summed E-state index contributed by atoms with van der Waals surface area (Å²) in [6, 6.07) is 1.97. The second-order valence-electron chi connectivity index (χ2n) is 9.36. The van der Waals surface area contributed by atoms with E-state index < -0.39 is 0 Å². The fourth-order valence-electron chi connectivity index (χ4n) is 5.42. The van der Waals surface area contributed by atoms with Crippen LogP contribution in [0.3, 0.4) is 0 Å². The third-order valence-corrected chi connectivity index (χ3v) is 7.30. The maximum atomic E-state index is 13.1. The van der Waals surface area contributed by atoms with Crippen LogP contribution in [0, 0.1) is 17.8 Å². The third-order valence-electron chi connectivity index (χ3n) is 7.30. The van der Waals surface area contributed by atoms with Gasteiger partial charge in [-0.15, -0.1) is 0 Å². The van der Waals surface area contributed by atoms with Gasteiger partial charge in [0.25, 0.3) is 0 Å². The highest BCUT2D eigenvalue weighted by molar-refractivity contribution is 5.84. The Morgan fingerprint density at radius 2 is 1.83 bits per heavy atom. The van der Waals surface area contributed by atoms with E-state index in [1.54, 1.807) is 0 Å². The smallest absolute Gasteiger partial charge is 0.227 e. The fourth-order valence-corrected chi connectivity index (χ4v) is 5.42. The Morgan fingerprint density at radius 3 is 2.55 bits per heavy atom. The van der Waals surface area contributed by atoms with E-state index in [2.05, 4.69) is 10.00 Å². The maximum absolute atomic E-state index is 13.1. The average molecular weight is 401 g/mol. The molecule has 3 heterocycles. The third kappa shape index (κ3) is 5.40. The summed E-state index contributed by atoms with van der Waals surface area (Å²) in [6.45, 7) is 4.23. The highest BCUT2D eigenvalue weighted by Crippen LogP contribution is 2.29. The van der Waals surface area contributed by atoms with Crippen molar-refractivity contribution < 1.29 is 9.59 Å². The largest absolute Gasteiger partial charge is 0.342 e. The van der Waals surface area contributed by atoms with Crippen LogP contribution < -0.4 is 0 Å². The first-order chi connectivity index (χ1) is 14.2. The van der Waals surface area contributed by atoms with Gasteiger partial charge in [-0.25, -0.2) is 0 Å². The van der Waals surface area contributed by atoms with Crippen LogP contribution in [0.4, 0.5) is 0 Å². The molecule has 4 rings (SSSR count). The summed E-state index contributed by atoms with van der Waals surface area (Å²) >= 11 is 0. The summed E-state index contributed by atoms with van der Waals surface area (Å²) in [5.41, 5.74) is 0. The van der Waals surface area contributed by atoms with E-state index in [1.807, 2.05) is 28.0 Å². The number of aromatic nitrogens is 2. The van der Waals surface area contributed by atoms with Crippen LogP contribution in [-0.2, 0) is 16.1 Å². The van der Waals surface area contributed by atoms with Gasteiger partial charge in [0.2, 0.25) is 11.8 Å². The normalized spacial score (nSPS) is 24.8. The number of amides is 2. The van der Waals surface area contributed by atoms with Crippen LogP contribution in [0.25, 0.3) is 0 Å². The van der Waals surface area contributed by atoms with Crippen LogP contribution >= 0.6 is 0 Å². The summed E-state index contributed by atoms with van der Waals surface area (Å²) < 4.78 is 2.00. The number of rotatable bonds is 6. The van der Waals surface area contributed by atoms with Gasteiger partial charge in [-0.2, -0.15) is 5.10 Å². The molecule has 0 N–H and O–H groups in total. The van der Waals surface area contributed by atoms with Gasteiger partial charge in [0.1, 0.15) is 0 Å². The van der Waals surface area contributed by atoms with Crippen molar-refractivity contribution in [2.24, 2.45) is 17.8 Å². The molecule has 0 radical (unpaired) electrons. The van der Waals surface area contributed by atoms with Gasteiger partial charge in [0, 0.05) is 51.5 Å². The van der Waals surface area contributed by atoms with Crippen molar-refractivity contribution in [3.8, 4) is 0 Å². The average Bonchev–Trinajstić information content (AvgIpc) is 3.28. The SMILES string of the molecule is O=C1CCC(C(=O)N2CCC(CCn3cccn3)CC2)CN1CC1CCCCC1. The second kappa shape index (κ2) is 9.77. The Balaban J connectivity index is 1.23. The van der Waals surface area contributed by atoms with Crippen molar-refractivity contribution in [3.63, 3.8) is 0 Å². The lowest BCUT2D eigenvalue weighted by Crippen LogP contribution is -2.50. The van der Waals surface area contributed by atoms with Crippen molar-refractivity contribution in [2.45, 2.75) is 70.8 Å². The molecule has 29 heavy (non-hydrogen) atoms. The number of likely N-dealkylation sites (tertiary alicyclic amines) is 2. The molecule has 2 aliphatic heterocycles. The Labute approximate surface area is 174 Å². The number of aryl methyl sites for hydroxylation is 1. The van der Waals surface area contributed by atoms with Crippen LogP contribution in [0.1, 0.15) is 64.2 Å². The molecule has 1 aromatic heterocycles. The molecule has 2 saturated heterocycles. The Morgan fingerprint density at radius 1 is 1.03 bits per heavy atom. The molecule has 0 spiro atoms. The molecule has 0 bridgehead atoms. The molecule has 0 aromatic carbocycles. The van der Waals surface area contributed by atoms with Crippen molar-refractivity contribution in [2.75, 3.05) is 26.2 Å². The van der Waals surface area contributed by atoms with Gasteiger partial charge >= 0.3 is 0 Å². The highest BCUT2D eigenvalue weighted by atomic mass is 16.2. The number of piperidine rings is 2. The van der Waals surface area contributed by atoms with Crippen molar-refractivity contribution in [1.82, 2.24) is 19.6 Å². The lowest BCUT2D eigenvalue weighted by molar-refractivity contribution is -0.144. The Kier molecular flexibility index (Phi) is 6.88. The summed E-state index contributed by atoms with van der Waals surface area (Å²) in [6.07, 6.45) is 14.9. The van der Waals surface area contributed by atoms with E-state index >= 15 is 0 Å². The van der Waals surface area contributed by atoms with Gasteiger partial charge in [-0.05, 0) is 56.4 Å². The second-order valence-corrected chi connectivity index (χ2v) is 9.36. The molecule has 6 nitrogen and oxygen atoms in total. The minimum atomic E-state index is 0.0110. The number of hydrogen-bond acceptors (Lipinski definition) is 3. The zero-order chi connectivity index (χ0) is 20.1. The number of hydrogen-bond donors (Lipinski definition) is 0. The van der Waals surface area contributed by atoms with E-state index in [4.69, 9.17) is 0 Å². The molecular weight excluding hydrogens is 364 g/mol. The molecular formula is C23H36N4O2. The van der Waals surface area contributed by atoms with E-state index in [1.165, 1.54) is 32.1 Å². The maximum Gasteiger partial charge on any atom is 0.227 e. The standard InChI is InChI=1S/C23H36N4O2/c28-22-8-7-21(18-26(22)17-20-5-2-1-3-6-20)23(29)25-14-9-19(10-15-25)11-16-27-13-4-12-24-27/h4,12-13,19-21H,1-3,5-11,14-18H2. The molecule has 3 fully saturated rings. The molecule has 1 atom stereocenters. The molecule has 1 aliphatic carbocycles. The first-order valence-corrected chi connectivity index (χ1v) is 11.7. The Bertz CT molecular complexity index is 660. The molecule has 1 unspecified atom stereocenters. The lowest BCUT2D eigenvalue weighted by Gasteiger charge is -2.39. The van der Waals surface area contributed by atoms with Crippen LogP contribution in [-0.4, -0.2) is 57.6 Å². The molecule has 3 aliphatic rings. The fraction of sp³-hybridized carbons (Fsp3) is 0.783. The lowest BCUT2D eigenvalue weighted by atomic mass is 9.87. The van der Waals surface area contributed by atoms with Gasteiger partial charge in [-0.1, -0.05) is 19.3 Å². The van der Waals surface area contributed by atoms with Gasteiger partial charge in [-0.3, -0.25) is 14.3 Å². The highest BCUT2D eigenvalue weighted by Gasteiger charge is 2.35. The summed E-state index contributed by atoms with van der Waals surface area (Å²) in [7, 11) is 0. The van der Waals surface area contributed by atoms with Crippen molar-refractivity contribution in [3.05, 3.63) is 18.5 Å². The molecule has 1 aromatic rings. The predicted octanol–water partition coefficient (Wildman–Crippen LogP) is 3.33. The van der Waals surface area contributed by atoms with Crippen molar-refractivity contribution >= 4 is 11.8 Å². The predicted molar refractivity (Wildman–Crippen MR) is 112 cm³/mol. The van der Waals surface area contributed by atoms with E-state index in [0.29, 0.717) is 24.8 Å². The summed E-state index contributed by atoms with van der Waals surface area (Å²) in [5.74, 6) is 1.89. The molecule has 6 heteroatoms. The molecule has 160 valence electrons. The van der Waals surface area contributed by atoms with Crippen LogP contribution in [0.2, 0.25) is 0 Å². The zero-order valence-electron chi connectivity index (χ0n) is 17.7. The topological polar surface area (TPSA) is 58.4 Å². The zero-order valence-corrected chi connectivity index (χ0v) is 17.7. The van der Waals surface area contributed by atoms with Gasteiger partial charge in [0.05, 0.1) is 5.92 Å². The Hall–Kier alpha value is -1.85. The number of carbonyl (C=O) groups excluding carboxylic acids is 2. The number of carbonyl (C=O) groups is 2. The number of nitrogens with zero attached hydrogens (tertiary/aromatic N) is 4. The summed E-state index contributed by atoms with van der Waals surface area (Å²) in [4.78, 5) is 29.6. The first-order valence-electron chi connectivity index (χ1n) is 11.7. The first kappa shape index (κ1) is 20.4. The summed E-state index contributed by atoms with van der Waals surface area (Å²) in [5, 5.41) is 4.28. The quantitative estimate of drug-likeness (QED) is 0.736. The van der Waals surface area contributed by atoms with Crippen LogP contribution in [0.5, 0.6) is 0 Å². The van der Waals surface area contributed by atoms with E-state index in [-0.39, 0.29) is 17.7 Å². The van der Waals surface area contributed by atoms with E-state index in [0.717, 1.165) is 51.9 Å². The van der Waals surface area contributed by atoms with Gasteiger partial charge in [0.15, 0.2) is 0 Å². The minimum Gasteiger partial charge on any atom is -0.342 e. The van der Waals surface area contributed by atoms with Crippen LogP contribution in [0.15, 0.2) is 18.5 Å². The van der Waals surface area contributed by atoms with Gasteiger partial charge < -0.3 is 9.80 Å².